The van der Waals surface area contributed by atoms with E-state index >= 15 is 0 Å². The Bertz CT molecular complexity index is 819. The quantitative estimate of drug-likeness (QED) is 0.754. The average Bonchev–Trinajstić information content (AvgIpc) is 3.00. The number of nitrogens with zero attached hydrogens (tertiary/aromatic N) is 4. The number of thiazole rings is 1. The molecule has 6 nitrogen and oxygen atoms in total. The molecule has 0 bridgehead atoms. The predicted octanol–water partition coefficient (Wildman–Crippen LogP) is 2.87. The van der Waals surface area contributed by atoms with Crippen LogP contribution in [0.25, 0.3) is 11.2 Å². The summed E-state index contributed by atoms with van der Waals surface area (Å²) in [6.45, 7) is 4.03. The van der Waals surface area contributed by atoms with Crippen molar-refractivity contribution in [3.8, 4) is 5.88 Å². The maximum Gasteiger partial charge on any atom is 0.242 e. The molecule has 0 aromatic carbocycles. The van der Waals surface area contributed by atoms with Crippen LogP contribution in [0.4, 0.5) is 0 Å². The summed E-state index contributed by atoms with van der Waals surface area (Å²) in [4.78, 5) is 16.0. The van der Waals surface area contributed by atoms with Crippen molar-refractivity contribution >= 4 is 34.7 Å². The van der Waals surface area contributed by atoms with Gasteiger partial charge in [0.05, 0.1) is 13.2 Å². The van der Waals surface area contributed by atoms with Crippen molar-refractivity contribution in [2.45, 2.75) is 19.9 Å². The molecule has 0 aliphatic carbocycles. The fourth-order valence-electron chi connectivity index (χ4n) is 2.10. The second kappa shape index (κ2) is 4.95. The molecule has 0 aliphatic heterocycles. The minimum Gasteiger partial charge on any atom is -0.479 e. The second-order valence-corrected chi connectivity index (χ2v) is 5.66. The molecule has 0 spiro atoms. The number of aromatic amines is 1. The molecule has 3 aromatic heterocycles. The number of imidazole rings is 1. The normalized spacial score (nSPS) is 12.8. The molecule has 3 rings (SSSR count). The van der Waals surface area contributed by atoms with Crippen LogP contribution in [0.5, 0.6) is 5.88 Å². The van der Waals surface area contributed by atoms with Gasteiger partial charge < -0.3 is 9.72 Å². The van der Waals surface area contributed by atoms with E-state index in [4.69, 9.17) is 17.0 Å². The Hall–Kier alpha value is -1.80. The van der Waals surface area contributed by atoms with Gasteiger partial charge in [-0.2, -0.15) is 4.98 Å². The summed E-state index contributed by atoms with van der Waals surface area (Å²) < 4.78 is 7.75. The molecule has 0 fully saturated rings. The molecular weight excluding hydrogens is 294 g/mol. The molecule has 0 saturated heterocycles. The van der Waals surface area contributed by atoms with Crippen LogP contribution in [0.15, 0.2) is 11.7 Å². The maximum absolute atomic E-state index is 5.40. The van der Waals surface area contributed by atoms with E-state index in [1.807, 2.05) is 16.9 Å². The van der Waals surface area contributed by atoms with E-state index in [9.17, 15) is 0 Å². The summed E-state index contributed by atoms with van der Waals surface area (Å²) in [6, 6.07) is 0.00885. The van der Waals surface area contributed by atoms with Crippen LogP contribution in [0.3, 0.4) is 0 Å². The zero-order chi connectivity index (χ0) is 14.3. The summed E-state index contributed by atoms with van der Waals surface area (Å²) >= 11 is 7.02. The first-order chi connectivity index (χ1) is 9.61. The molecule has 1 unspecified atom stereocenters. The number of nitrogens with one attached hydrogen (secondary N) is 1. The van der Waals surface area contributed by atoms with Crippen LogP contribution in [0.1, 0.15) is 23.7 Å². The lowest BCUT2D eigenvalue weighted by Gasteiger charge is -2.11. The Morgan fingerprint density at radius 3 is 2.90 bits per heavy atom. The number of aryl methyl sites for hydroxylation is 1. The summed E-state index contributed by atoms with van der Waals surface area (Å²) in [5.74, 6) is 0.488. The van der Waals surface area contributed by atoms with Crippen LogP contribution in [0.2, 0.25) is 0 Å². The topological polar surface area (TPSA) is 68.6 Å². The monoisotopic (exact) mass is 307 g/mol. The van der Waals surface area contributed by atoms with Crippen LogP contribution >= 0.6 is 23.6 Å². The molecule has 104 valence electrons. The van der Waals surface area contributed by atoms with E-state index in [2.05, 4.69) is 26.9 Å². The number of hydrogen-bond acceptors (Lipinski definition) is 6. The van der Waals surface area contributed by atoms with Gasteiger partial charge in [0.1, 0.15) is 16.9 Å². The molecule has 1 N–H and O–H groups in total. The van der Waals surface area contributed by atoms with Crippen molar-refractivity contribution in [3.05, 3.63) is 27.2 Å². The third kappa shape index (κ3) is 2.01. The Kier molecular flexibility index (Phi) is 3.27. The molecule has 3 heterocycles. The largest absolute Gasteiger partial charge is 0.479 e. The summed E-state index contributed by atoms with van der Waals surface area (Å²) in [5, 5.41) is 3.02. The minimum absolute atomic E-state index is 0.00885. The van der Waals surface area contributed by atoms with Gasteiger partial charge in [-0.3, -0.25) is 4.57 Å². The highest BCUT2D eigenvalue weighted by Crippen LogP contribution is 2.28. The zero-order valence-electron chi connectivity index (χ0n) is 11.2. The fraction of sp³-hybridized carbons (Fsp3) is 0.333. The van der Waals surface area contributed by atoms with Gasteiger partial charge in [-0.05, 0) is 26.1 Å². The minimum atomic E-state index is 0.00885. The summed E-state index contributed by atoms with van der Waals surface area (Å²) in [5.41, 5.74) is 2.44. The van der Waals surface area contributed by atoms with Crippen molar-refractivity contribution in [3.63, 3.8) is 0 Å². The van der Waals surface area contributed by atoms with Crippen molar-refractivity contribution < 1.29 is 4.74 Å². The van der Waals surface area contributed by atoms with Gasteiger partial charge in [-0.25, -0.2) is 9.97 Å². The predicted molar refractivity (Wildman–Crippen MR) is 79.9 cm³/mol. The Morgan fingerprint density at radius 2 is 2.25 bits per heavy atom. The van der Waals surface area contributed by atoms with E-state index in [0.717, 1.165) is 16.3 Å². The first-order valence-electron chi connectivity index (χ1n) is 6.03. The van der Waals surface area contributed by atoms with Crippen molar-refractivity contribution in [1.82, 2.24) is 24.5 Å². The zero-order valence-corrected chi connectivity index (χ0v) is 12.9. The SMILES string of the molecule is COc1ncnc2c1[nH]c(=S)n2C(C)c1nc(C)cs1. The smallest absolute Gasteiger partial charge is 0.242 e. The Morgan fingerprint density at radius 1 is 1.45 bits per heavy atom. The summed E-state index contributed by atoms with van der Waals surface area (Å²) in [7, 11) is 1.57. The Labute approximate surface area is 124 Å². The molecule has 1 atom stereocenters. The molecule has 0 amide bonds. The van der Waals surface area contributed by atoms with Crippen LogP contribution in [0, 0.1) is 11.7 Å². The van der Waals surface area contributed by atoms with Gasteiger partial charge in [0.25, 0.3) is 0 Å². The molecule has 3 aromatic rings. The molecule has 8 heteroatoms. The van der Waals surface area contributed by atoms with Crippen LogP contribution in [-0.2, 0) is 0 Å². The van der Waals surface area contributed by atoms with E-state index in [-0.39, 0.29) is 6.04 Å². The second-order valence-electron chi connectivity index (χ2n) is 4.38. The fourth-order valence-corrected chi connectivity index (χ4v) is 3.29. The molecule has 0 saturated carbocycles. The average molecular weight is 307 g/mol. The standard InChI is InChI=1S/C12H13N5OS2/c1-6-4-20-11(15-6)7(2)17-9-8(16-12(17)19)10(18-3)14-5-13-9/h4-5,7H,1-3H3,(H,16,19). The maximum atomic E-state index is 5.40. The van der Waals surface area contributed by atoms with Gasteiger partial charge in [-0.1, -0.05) is 0 Å². The lowest BCUT2D eigenvalue weighted by molar-refractivity contribution is 0.401. The number of hydrogen-bond donors (Lipinski definition) is 1. The lowest BCUT2D eigenvalue weighted by atomic mass is 10.3. The highest BCUT2D eigenvalue weighted by atomic mass is 32.1. The van der Waals surface area contributed by atoms with Gasteiger partial charge >= 0.3 is 0 Å². The van der Waals surface area contributed by atoms with Gasteiger partial charge in [0, 0.05) is 11.1 Å². The van der Waals surface area contributed by atoms with E-state index in [0.29, 0.717) is 16.2 Å². The number of rotatable bonds is 3. The Balaban J connectivity index is 2.21. The summed E-state index contributed by atoms with van der Waals surface area (Å²) in [6.07, 6.45) is 1.47. The van der Waals surface area contributed by atoms with Crippen LogP contribution in [-0.4, -0.2) is 31.6 Å². The van der Waals surface area contributed by atoms with Gasteiger partial charge in [0.2, 0.25) is 5.88 Å². The third-order valence-corrected chi connectivity index (χ3v) is 4.48. The number of ether oxygens (including phenoxy) is 1. The van der Waals surface area contributed by atoms with E-state index in [1.165, 1.54) is 6.33 Å². The van der Waals surface area contributed by atoms with Gasteiger partial charge in [0.15, 0.2) is 10.4 Å². The molecule has 20 heavy (non-hydrogen) atoms. The molecule has 0 aliphatic rings. The number of aromatic nitrogens is 5. The molecular formula is C12H13N5OS2. The first kappa shape index (κ1) is 13.2. The highest BCUT2D eigenvalue weighted by Gasteiger charge is 2.19. The van der Waals surface area contributed by atoms with Crippen molar-refractivity contribution in [2.24, 2.45) is 0 Å². The van der Waals surface area contributed by atoms with Gasteiger partial charge in [-0.15, -0.1) is 11.3 Å². The van der Waals surface area contributed by atoms with Crippen molar-refractivity contribution in [1.29, 1.82) is 0 Å². The highest BCUT2D eigenvalue weighted by molar-refractivity contribution is 7.71. The number of fused-ring (bicyclic) bond motifs is 1. The van der Waals surface area contributed by atoms with E-state index in [1.54, 1.807) is 18.4 Å². The lowest BCUT2D eigenvalue weighted by Crippen LogP contribution is -2.07. The van der Waals surface area contributed by atoms with Crippen LogP contribution < -0.4 is 4.74 Å². The van der Waals surface area contributed by atoms with Crippen molar-refractivity contribution in [2.75, 3.05) is 7.11 Å². The third-order valence-electron chi connectivity index (χ3n) is 3.05. The van der Waals surface area contributed by atoms with E-state index < -0.39 is 0 Å². The number of methoxy groups -OCH3 is 1. The number of H-pyrrole nitrogens is 1. The first-order valence-corrected chi connectivity index (χ1v) is 7.32. The molecule has 0 radical (unpaired) electrons.